The second kappa shape index (κ2) is 8.35. The predicted octanol–water partition coefficient (Wildman–Crippen LogP) is 3.08. The molecule has 0 aliphatic carbocycles. The Hall–Kier alpha value is -2.54. The molecule has 0 aromatic heterocycles. The van der Waals surface area contributed by atoms with Gasteiger partial charge in [0.15, 0.2) is 18.1 Å². The first-order valence-corrected chi connectivity index (χ1v) is 7.88. The molecule has 0 aliphatic rings. The number of nitrogens with zero attached hydrogens (tertiary/aromatic N) is 1. The maximum atomic E-state index is 11.8. The molecular formula is C17H17BrN2O4. The van der Waals surface area contributed by atoms with Crippen LogP contribution in [0.3, 0.4) is 0 Å². The van der Waals surface area contributed by atoms with E-state index in [0.717, 1.165) is 4.47 Å². The van der Waals surface area contributed by atoms with Crippen LogP contribution in [-0.2, 0) is 4.79 Å². The molecule has 2 rings (SSSR count). The van der Waals surface area contributed by atoms with Gasteiger partial charge in [-0.15, -0.1) is 0 Å². The van der Waals surface area contributed by atoms with E-state index in [1.807, 2.05) is 0 Å². The fourth-order valence-electron chi connectivity index (χ4n) is 1.92. The number of hydrogen-bond acceptors (Lipinski definition) is 5. The van der Waals surface area contributed by atoms with Crippen LogP contribution in [0, 0.1) is 0 Å². The fraction of sp³-hybridized carbons (Fsp3) is 0.176. The average Bonchev–Trinajstić information content (AvgIpc) is 2.58. The Morgan fingerprint density at radius 2 is 2.00 bits per heavy atom. The maximum Gasteiger partial charge on any atom is 0.277 e. The Balaban J connectivity index is 1.94. The summed E-state index contributed by atoms with van der Waals surface area (Å²) in [6.45, 7) is 1.48. The average molecular weight is 393 g/mol. The summed E-state index contributed by atoms with van der Waals surface area (Å²) in [5.74, 6) is 0.655. The summed E-state index contributed by atoms with van der Waals surface area (Å²) in [7, 11) is 1.52. The third kappa shape index (κ3) is 4.73. The topological polar surface area (TPSA) is 80.2 Å². The number of amides is 1. The number of hydrogen-bond donors (Lipinski definition) is 2. The Kier molecular flexibility index (Phi) is 6.20. The molecule has 0 aliphatic heterocycles. The van der Waals surface area contributed by atoms with Crippen molar-refractivity contribution in [2.45, 2.75) is 6.92 Å². The highest BCUT2D eigenvalue weighted by Crippen LogP contribution is 2.30. The number of ether oxygens (including phenoxy) is 2. The van der Waals surface area contributed by atoms with Crippen molar-refractivity contribution in [1.82, 2.24) is 5.43 Å². The zero-order valence-corrected chi connectivity index (χ0v) is 14.8. The number of phenols is 1. The lowest BCUT2D eigenvalue weighted by Gasteiger charge is -2.10. The van der Waals surface area contributed by atoms with Crippen molar-refractivity contribution in [3.05, 3.63) is 52.5 Å². The van der Waals surface area contributed by atoms with Gasteiger partial charge in [0.05, 0.1) is 12.8 Å². The molecule has 0 heterocycles. The Morgan fingerprint density at radius 3 is 2.71 bits per heavy atom. The molecule has 6 nitrogen and oxygen atoms in total. The molecule has 2 N–H and O–H groups in total. The Labute approximate surface area is 148 Å². The van der Waals surface area contributed by atoms with Gasteiger partial charge in [-0.05, 0) is 37.3 Å². The second-order valence-electron chi connectivity index (χ2n) is 4.83. The monoisotopic (exact) mass is 392 g/mol. The Bertz CT molecular complexity index is 762. The van der Waals surface area contributed by atoms with Crippen LogP contribution in [0.4, 0.5) is 0 Å². The fourth-order valence-corrected chi connectivity index (χ4v) is 2.26. The van der Waals surface area contributed by atoms with E-state index in [4.69, 9.17) is 9.47 Å². The van der Waals surface area contributed by atoms with Gasteiger partial charge in [0.25, 0.3) is 5.91 Å². The van der Waals surface area contributed by atoms with E-state index < -0.39 is 5.91 Å². The zero-order valence-electron chi connectivity index (χ0n) is 13.2. The lowest BCUT2D eigenvalue weighted by Crippen LogP contribution is -2.25. The Morgan fingerprint density at radius 1 is 1.25 bits per heavy atom. The van der Waals surface area contributed by atoms with Crippen molar-refractivity contribution in [2.24, 2.45) is 5.10 Å². The lowest BCUT2D eigenvalue weighted by atomic mass is 10.1. The van der Waals surface area contributed by atoms with Crippen molar-refractivity contribution >= 4 is 27.5 Å². The summed E-state index contributed by atoms with van der Waals surface area (Å²) in [6, 6.07) is 12.0. The molecule has 24 heavy (non-hydrogen) atoms. The van der Waals surface area contributed by atoms with Crippen LogP contribution in [0.5, 0.6) is 17.2 Å². The summed E-state index contributed by atoms with van der Waals surface area (Å²) < 4.78 is 11.5. The number of methoxy groups -OCH3 is 1. The maximum absolute atomic E-state index is 11.8. The third-order valence-electron chi connectivity index (χ3n) is 3.13. The summed E-state index contributed by atoms with van der Waals surface area (Å²) in [5.41, 5.74) is 3.43. The highest BCUT2D eigenvalue weighted by Gasteiger charge is 2.09. The van der Waals surface area contributed by atoms with Crippen LogP contribution in [-0.4, -0.2) is 30.4 Å². The summed E-state index contributed by atoms with van der Waals surface area (Å²) in [4.78, 5) is 11.8. The first kappa shape index (κ1) is 17.8. The van der Waals surface area contributed by atoms with E-state index in [-0.39, 0.29) is 12.4 Å². The quantitative estimate of drug-likeness (QED) is 0.584. The standard InChI is InChI=1S/C17H17BrN2O4/c1-11(13-5-3-4-6-14(13)21)19-20-17(22)10-24-15-8-7-12(18)9-16(15)23-2/h3-9,21H,10H2,1-2H3,(H,20,22)/b19-11-. The second-order valence-corrected chi connectivity index (χ2v) is 5.75. The smallest absolute Gasteiger partial charge is 0.277 e. The SMILES string of the molecule is COc1cc(Br)ccc1OCC(=O)N/N=C(/C)c1ccccc1O. The molecule has 1 amide bonds. The number of halogens is 1. The zero-order chi connectivity index (χ0) is 17.5. The van der Waals surface area contributed by atoms with Crippen LogP contribution in [0.1, 0.15) is 12.5 Å². The van der Waals surface area contributed by atoms with Crippen LogP contribution >= 0.6 is 15.9 Å². The van der Waals surface area contributed by atoms with E-state index in [1.54, 1.807) is 49.4 Å². The molecule has 0 saturated carbocycles. The highest BCUT2D eigenvalue weighted by atomic mass is 79.9. The van der Waals surface area contributed by atoms with E-state index in [9.17, 15) is 9.90 Å². The number of phenolic OH excluding ortho intramolecular Hbond substituents is 1. The van der Waals surface area contributed by atoms with E-state index >= 15 is 0 Å². The largest absolute Gasteiger partial charge is 0.507 e. The number of benzene rings is 2. The lowest BCUT2D eigenvalue weighted by molar-refractivity contribution is -0.123. The summed E-state index contributed by atoms with van der Waals surface area (Å²) >= 11 is 3.33. The molecule has 0 unspecified atom stereocenters. The minimum Gasteiger partial charge on any atom is -0.507 e. The minimum atomic E-state index is -0.422. The van der Waals surface area contributed by atoms with Crippen molar-refractivity contribution in [2.75, 3.05) is 13.7 Å². The number of carbonyl (C=O) groups is 1. The molecule has 126 valence electrons. The van der Waals surface area contributed by atoms with Crippen molar-refractivity contribution in [1.29, 1.82) is 0 Å². The van der Waals surface area contributed by atoms with Crippen LogP contribution < -0.4 is 14.9 Å². The summed E-state index contributed by atoms with van der Waals surface area (Å²) in [5, 5.41) is 13.7. The number of nitrogens with one attached hydrogen (secondary N) is 1. The predicted molar refractivity (Wildman–Crippen MR) is 94.6 cm³/mol. The number of carbonyl (C=O) groups excluding carboxylic acids is 1. The van der Waals surface area contributed by atoms with Crippen molar-refractivity contribution in [3.8, 4) is 17.2 Å². The molecule has 0 fully saturated rings. The van der Waals surface area contributed by atoms with Gasteiger partial charge in [-0.2, -0.15) is 5.10 Å². The molecule has 0 radical (unpaired) electrons. The van der Waals surface area contributed by atoms with Gasteiger partial charge >= 0.3 is 0 Å². The van der Waals surface area contributed by atoms with Crippen LogP contribution in [0.2, 0.25) is 0 Å². The van der Waals surface area contributed by atoms with Crippen LogP contribution in [0.15, 0.2) is 52.0 Å². The molecule has 2 aromatic rings. The van der Waals surface area contributed by atoms with Crippen LogP contribution in [0.25, 0.3) is 0 Å². The third-order valence-corrected chi connectivity index (χ3v) is 3.62. The minimum absolute atomic E-state index is 0.101. The normalized spacial score (nSPS) is 11.0. The van der Waals surface area contributed by atoms with Gasteiger partial charge < -0.3 is 14.6 Å². The number of para-hydroxylation sites is 1. The van der Waals surface area contributed by atoms with Crippen molar-refractivity contribution in [3.63, 3.8) is 0 Å². The van der Waals surface area contributed by atoms with Gasteiger partial charge in [0.2, 0.25) is 0 Å². The first-order chi connectivity index (χ1) is 11.5. The molecule has 0 spiro atoms. The molecule has 0 saturated heterocycles. The summed E-state index contributed by atoms with van der Waals surface area (Å²) in [6.07, 6.45) is 0. The number of rotatable bonds is 6. The number of hydrazone groups is 1. The van der Waals surface area contributed by atoms with Gasteiger partial charge in [-0.3, -0.25) is 4.79 Å². The first-order valence-electron chi connectivity index (χ1n) is 7.09. The van der Waals surface area contributed by atoms with Gasteiger partial charge in [-0.1, -0.05) is 28.1 Å². The van der Waals surface area contributed by atoms with Gasteiger partial charge in [0, 0.05) is 10.0 Å². The van der Waals surface area contributed by atoms with E-state index in [1.165, 1.54) is 7.11 Å². The highest BCUT2D eigenvalue weighted by molar-refractivity contribution is 9.10. The van der Waals surface area contributed by atoms with Gasteiger partial charge in [-0.25, -0.2) is 5.43 Å². The molecular weight excluding hydrogens is 376 g/mol. The number of aromatic hydroxyl groups is 1. The van der Waals surface area contributed by atoms with E-state index in [2.05, 4.69) is 26.5 Å². The molecule has 0 bridgehead atoms. The molecule has 0 atom stereocenters. The van der Waals surface area contributed by atoms with Gasteiger partial charge in [0.1, 0.15) is 5.75 Å². The molecule has 2 aromatic carbocycles. The van der Waals surface area contributed by atoms with E-state index in [0.29, 0.717) is 22.8 Å². The van der Waals surface area contributed by atoms with Crippen molar-refractivity contribution < 1.29 is 19.4 Å². The molecule has 7 heteroatoms.